The number of nitrogens with one attached hydrogen (secondary N) is 1. The third kappa shape index (κ3) is 4.73. The molecule has 196 valence electrons. The highest BCUT2D eigenvalue weighted by Crippen LogP contribution is 2.34. The highest BCUT2D eigenvalue weighted by atomic mass is 32.2. The highest BCUT2D eigenvalue weighted by molar-refractivity contribution is 7.99. The second-order valence-corrected chi connectivity index (χ2v) is 11.6. The first-order chi connectivity index (χ1) is 18.9. The van der Waals surface area contributed by atoms with Crippen molar-refractivity contribution in [2.45, 2.75) is 5.16 Å². The van der Waals surface area contributed by atoms with Gasteiger partial charge in [-0.2, -0.15) is 0 Å². The smallest absolute Gasteiger partial charge is 0.234 e. The van der Waals surface area contributed by atoms with Gasteiger partial charge in [-0.05, 0) is 60.7 Å². The van der Waals surface area contributed by atoms with E-state index >= 15 is 0 Å². The number of aromatic nitrogens is 4. The Morgan fingerprint density at radius 2 is 1.85 bits per heavy atom. The molecular weight excluding hydrogens is 549 g/mol. The number of carbonyl (C=O) groups is 1. The highest BCUT2D eigenvalue weighted by Gasteiger charge is 2.20. The zero-order valence-corrected chi connectivity index (χ0v) is 23.9. The lowest BCUT2D eigenvalue weighted by atomic mass is 10.2. The van der Waals surface area contributed by atoms with Crippen molar-refractivity contribution in [2.75, 3.05) is 37.2 Å². The first kappa shape index (κ1) is 25.4. The Morgan fingerprint density at radius 3 is 2.62 bits per heavy atom. The van der Waals surface area contributed by atoms with Gasteiger partial charge in [-0.15, -0.1) is 0 Å². The van der Waals surface area contributed by atoms with Crippen molar-refractivity contribution in [1.29, 1.82) is 0 Å². The van der Waals surface area contributed by atoms with Crippen molar-refractivity contribution in [2.24, 2.45) is 0 Å². The molecule has 0 bridgehead atoms. The molecule has 39 heavy (non-hydrogen) atoms. The van der Waals surface area contributed by atoms with Gasteiger partial charge in [0.25, 0.3) is 0 Å². The summed E-state index contributed by atoms with van der Waals surface area (Å²) < 4.78 is 10.9. The topological polar surface area (TPSA) is 76.7 Å². The standard InChI is InChI=1S/C28H24N6O2S3/c1-32(2)18-13-11-17(12-14-18)29-23(35)16-38-27-31-26-24(25-30-21-9-4-5-10-22(21)34(25)27)39-28(37)33(26)19-7-6-8-20(15-19)36-3/h4-15H,16H2,1-3H3,(H,29,35). The molecule has 8 nitrogen and oxygen atoms in total. The maximum absolute atomic E-state index is 12.9. The van der Waals surface area contributed by atoms with Crippen LogP contribution in [0.1, 0.15) is 0 Å². The van der Waals surface area contributed by atoms with Crippen LogP contribution >= 0.6 is 35.3 Å². The van der Waals surface area contributed by atoms with Crippen molar-refractivity contribution in [3.8, 4) is 11.4 Å². The molecule has 3 heterocycles. The van der Waals surface area contributed by atoms with E-state index in [2.05, 4.69) is 5.32 Å². The van der Waals surface area contributed by atoms with Crippen molar-refractivity contribution in [3.05, 3.63) is 76.8 Å². The van der Waals surface area contributed by atoms with Gasteiger partial charge in [-0.1, -0.05) is 41.3 Å². The Labute approximate surface area is 237 Å². The van der Waals surface area contributed by atoms with E-state index in [1.54, 1.807) is 7.11 Å². The number of anilines is 2. The minimum absolute atomic E-state index is 0.118. The fraction of sp³-hybridized carbons (Fsp3) is 0.143. The molecule has 0 saturated carbocycles. The van der Waals surface area contributed by atoms with Crippen LogP contribution in [0.5, 0.6) is 5.75 Å². The van der Waals surface area contributed by atoms with E-state index in [0.717, 1.165) is 44.2 Å². The van der Waals surface area contributed by atoms with Gasteiger partial charge in [0.1, 0.15) is 10.4 Å². The number of amides is 1. The van der Waals surface area contributed by atoms with Crippen LogP contribution in [0.3, 0.4) is 0 Å². The number of imidazole rings is 1. The molecule has 11 heteroatoms. The number of thiazole rings is 1. The molecule has 1 amide bonds. The summed E-state index contributed by atoms with van der Waals surface area (Å²) in [6.07, 6.45) is 0. The Kier molecular flexibility index (Phi) is 6.71. The summed E-state index contributed by atoms with van der Waals surface area (Å²) >= 11 is 8.63. The molecule has 0 aliphatic heterocycles. The number of nitrogens with zero attached hydrogens (tertiary/aromatic N) is 5. The van der Waals surface area contributed by atoms with Gasteiger partial charge >= 0.3 is 0 Å². The number of rotatable bonds is 7. The first-order valence-electron chi connectivity index (χ1n) is 12.1. The van der Waals surface area contributed by atoms with Crippen LogP contribution in [-0.4, -0.2) is 51.8 Å². The predicted molar refractivity (Wildman–Crippen MR) is 163 cm³/mol. The van der Waals surface area contributed by atoms with E-state index in [1.807, 2.05) is 101 Å². The van der Waals surface area contributed by atoms with Gasteiger partial charge < -0.3 is 15.0 Å². The summed E-state index contributed by atoms with van der Waals surface area (Å²) in [4.78, 5) is 24.9. The van der Waals surface area contributed by atoms with Gasteiger partial charge in [0.15, 0.2) is 20.4 Å². The largest absolute Gasteiger partial charge is 0.497 e. The summed E-state index contributed by atoms with van der Waals surface area (Å²) in [6.45, 7) is 0. The summed E-state index contributed by atoms with van der Waals surface area (Å²) in [6, 6.07) is 23.4. The quantitative estimate of drug-likeness (QED) is 0.134. The normalized spacial score (nSPS) is 11.4. The fourth-order valence-corrected chi connectivity index (χ4v) is 6.52. The molecule has 0 radical (unpaired) electrons. The maximum atomic E-state index is 12.9. The number of hydrogen-bond donors (Lipinski definition) is 1. The molecule has 0 aliphatic rings. The second kappa shape index (κ2) is 10.3. The SMILES string of the molecule is COc1cccc(-n2c(=S)sc3c2nc(SCC(=O)Nc2ccc(N(C)C)cc2)n2c4ccccc4nc32)c1. The summed E-state index contributed by atoms with van der Waals surface area (Å²) in [5, 5.41) is 3.64. The van der Waals surface area contributed by atoms with Crippen LogP contribution in [0.25, 0.3) is 32.7 Å². The molecule has 6 aromatic rings. The third-order valence-corrected chi connectivity index (χ3v) is 8.55. The number of hydrogen-bond acceptors (Lipinski definition) is 8. The molecule has 0 spiro atoms. The number of thioether (sulfide) groups is 1. The van der Waals surface area contributed by atoms with E-state index in [4.69, 9.17) is 26.9 Å². The molecule has 6 rings (SSSR count). The van der Waals surface area contributed by atoms with E-state index < -0.39 is 0 Å². The Bertz CT molecular complexity index is 1910. The number of ether oxygens (including phenoxy) is 1. The monoisotopic (exact) mass is 572 g/mol. The van der Waals surface area contributed by atoms with Gasteiger partial charge in [-0.25, -0.2) is 9.97 Å². The number of fused-ring (bicyclic) bond motifs is 5. The van der Waals surface area contributed by atoms with Crippen molar-refractivity contribution >= 4 is 79.6 Å². The second-order valence-electron chi connectivity index (χ2n) is 8.99. The number of para-hydroxylation sites is 2. The van der Waals surface area contributed by atoms with E-state index in [9.17, 15) is 4.79 Å². The van der Waals surface area contributed by atoms with Crippen molar-refractivity contribution in [3.63, 3.8) is 0 Å². The zero-order valence-electron chi connectivity index (χ0n) is 21.4. The molecule has 3 aromatic heterocycles. The molecule has 0 unspecified atom stereocenters. The predicted octanol–water partition coefficient (Wildman–Crippen LogP) is 6.42. The van der Waals surface area contributed by atoms with Crippen molar-refractivity contribution in [1.82, 2.24) is 18.9 Å². The Balaban J connectivity index is 1.42. The van der Waals surface area contributed by atoms with Crippen LogP contribution < -0.4 is 15.0 Å². The van der Waals surface area contributed by atoms with Gasteiger partial charge in [0.2, 0.25) is 5.91 Å². The van der Waals surface area contributed by atoms with Gasteiger partial charge in [0.05, 0.1) is 29.6 Å². The molecule has 0 atom stereocenters. The number of benzene rings is 3. The van der Waals surface area contributed by atoms with E-state index in [0.29, 0.717) is 14.8 Å². The fourth-order valence-electron chi connectivity index (χ4n) is 4.37. The van der Waals surface area contributed by atoms with Crippen LogP contribution in [-0.2, 0) is 4.79 Å². The van der Waals surface area contributed by atoms with E-state index in [1.165, 1.54) is 23.1 Å². The van der Waals surface area contributed by atoms with Crippen LogP contribution in [0.4, 0.5) is 11.4 Å². The number of methoxy groups -OCH3 is 1. The Morgan fingerprint density at radius 1 is 1.05 bits per heavy atom. The minimum atomic E-state index is -0.118. The summed E-state index contributed by atoms with van der Waals surface area (Å²) in [7, 11) is 5.60. The van der Waals surface area contributed by atoms with Crippen LogP contribution in [0.2, 0.25) is 0 Å². The average Bonchev–Trinajstić information content (AvgIpc) is 3.49. The summed E-state index contributed by atoms with van der Waals surface area (Å²) in [5.74, 6) is 0.790. The Hall–Kier alpha value is -3.93. The third-order valence-electron chi connectivity index (χ3n) is 6.25. The lowest BCUT2D eigenvalue weighted by Gasteiger charge is -2.13. The first-order valence-corrected chi connectivity index (χ1v) is 14.3. The van der Waals surface area contributed by atoms with Gasteiger partial charge in [0, 0.05) is 31.5 Å². The maximum Gasteiger partial charge on any atom is 0.234 e. The van der Waals surface area contributed by atoms with Crippen LogP contribution in [0, 0.1) is 3.95 Å². The van der Waals surface area contributed by atoms with Crippen molar-refractivity contribution < 1.29 is 9.53 Å². The zero-order chi connectivity index (χ0) is 27.1. The molecule has 3 aromatic carbocycles. The van der Waals surface area contributed by atoms with Crippen LogP contribution in [0.15, 0.2) is 78.0 Å². The molecule has 0 fully saturated rings. The molecule has 0 aliphatic carbocycles. The lowest BCUT2D eigenvalue weighted by Crippen LogP contribution is -2.15. The average molecular weight is 573 g/mol. The number of carbonyl (C=O) groups excluding carboxylic acids is 1. The lowest BCUT2D eigenvalue weighted by molar-refractivity contribution is -0.113. The summed E-state index contributed by atoms with van der Waals surface area (Å²) in [5.41, 5.74) is 5.91. The molecule has 0 saturated heterocycles. The molecule has 1 N–H and O–H groups in total. The minimum Gasteiger partial charge on any atom is -0.497 e. The van der Waals surface area contributed by atoms with Gasteiger partial charge in [-0.3, -0.25) is 13.8 Å². The van der Waals surface area contributed by atoms with E-state index in [-0.39, 0.29) is 11.7 Å². The molecular formula is C28H24N6O2S3.